The van der Waals surface area contributed by atoms with Crippen molar-refractivity contribution in [3.05, 3.63) is 81.6 Å². The van der Waals surface area contributed by atoms with Gasteiger partial charge in [0.1, 0.15) is 0 Å². The summed E-state index contributed by atoms with van der Waals surface area (Å²) in [5.74, 6) is 0.0980. The number of aliphatic imine (C=N–C) groups is 1. The summed E-state index contributed by atoms with van der Waals surface area (Å²) >= 11 is 6.04. The van der Waals surface area contributed by atoms with E-state index in [1.54, 1.807) is 24.3 Å². The molecule has 0 spiro atoms. The molecule has 1 amide bonds. The second-order valence-corrected chi connectivity index (χ2v) is 7.47. The third-order valence-corrected chi connectivity index (χ3v) is 5.26. The summed E-state index contributed by atoms with van der Waals surface area (Å²) in [6.07, 6.45) is 0.861. The lowest BCUT2D eigenvalue weighted by molar-refractivity contribution is 0.0977. The van der Waals surface area contributed by atoms with Crippen molar-refractivity contribution < 1.29 is 4.79 Å². The van der Waals surface area contributed by atoms with Crippen LogP contribution in [-0.2, 0) is 20.0 Å². The first kappa shape index (κ1) is 21.6. The molecule has 0 aliphatic carbocycles. The molecule has 0 bridgehead atoms. The predicted octanol–water partition coefficient (Wildman–Crippen LogP) is 4.65. The van der Waals surface area contributed by atoms with Gasteiger partial charge < -0.3 is 5.32 Å². The molecule has 6 nitrogen and oxygen atoms in total. The molecule has 30 heavy (non-hydrogen) atoms. The van der Waals surface area contributed by atoms with Crippen molar-refractivity contribution in [3.8, 4) is 0 Å². The Morgan fingerprint density at radius 3 is 2.60 bits per heavy atom. The third kappa shape index (κ3) is 5.07. The van der Waals surface area contributed by atoms with E-state index in [0.29, 0.717) is 23.1 Å². The number of aromatic nitrogens is 2. The first-order valence-corrected chi connectivity index (χ1v) is 10.2. The topological polar surface area (TPSA) is 71.3 Å². The van der Waals surface area contributed by atoms with Gasteiger partial charge in [-0.15, -0.1) is 0 Å². The molecule has 3 aromatic rings. The summed E-state index contributed by atoms with van der Waals surface area (Å²) in [7, 11) is 1.91. The minimum absolute atomic E-state index is 0.280. The van der Waals surface area contributed by atoms with Gasteiger partial charge in [-0.3, -0.25) is 14.8 Å². The van der Waals surface area contributed by atoms with Gasteiger partial charge in [-0.2, -0.15) is 5.10 Å². The van der Waals surface area contributed by atoms with Crippen molar-refractivity contribution in [2.24, 2.45) is 12.0 Å². The predicted molar refractivity (Wildman–Crippen MR) is 122 cm³/mol. The standard InChI is InChI=1S/C23H26ClN5O/c1-5-17-9-6-7-12-21(17)26-23(25-14-20-15(2)28-29(4)16(20)3)27-22(30)18-10-8-11-19(24)13-18/h6-13H,5,14H2,1-4H3,(H2,25,26,27,30). The Labute approximate surface area is 182 Å². The van der Waals surface area contributed by atoms with E-state index in [1.165, 1.54) is 0 Å². The average Bonchev–Trinajstić information content (AvgIpc) is 2.97. The Morgan fingerprint density at radius 2 is 1.93 bits per heavy atom. The van der Waals surface area contributed by atoms with Gasteiger partial charge in [-0.1, -0.05) is 42.8 Å². The van der Waals surface area contributed by atoms with E-state index in [1.807, 2.05) is 49.8 Å². The fraction of sp³-hybridized carbons (Fsp3) is 0.261. The number of hydrogen-bond acceptors (Lipinski definition) is 3. The number of amides is 1. The number of aryl methyl sites for hydroxylation is 3. The van der Waals surface area contributed by atoms with Crippen LogP contribution >= 0.6 is 11.6 Å². The highest BCUT2D eigenvalue weighted by molar-refractivity contribution is 6.31. The molecule has 0 fully saturated rings. The van der Waals surface area contributed by atoms with E-state index in [2.05, 4.69) is 27.6 Å². The molecule has 0 atom stereocenters. The van der Waals surface area contributed by atoms with E-state index in [9.17, 15) is 4.79 Å². The van der Waals surface area contributed by atoms with E-state index in [-0.39, 0.29) is 5.91 Å². The Hall–Kier alpha value is -3.12. The highest BCUT2D eigenvalue weighted by atomic mass is 35.5. The van der Waals surface area contributed by atoms with Crippen LogP contribution in [0.1, 0.15) is 39.8 Å². The largest absolute Gasteiger partial charge is 0.326 e. The second-order valence-electron chi connectivity index (χ2n) is 7.04. The monoisotopic (exact) mass is 423 g/mol. The SMILES string of the molecule is CCc1ccccc1NC(=NCc1c(C)nn(C)c1C)NC(=O)c1cccc(Cl)c1. The van der Waals surface area contributed by atoms with E-state index < -0.39 is 0 Å². The van der Waals surface area contributed by atoms with Gasteiger partial charge in [-0.05, 0) is 50.1 Å². The molecular formula is C23H26ClN5O. The van der Waals surface area contributed by atoms with Crippen LogP contribution in [0.2, 0.25) is 5.02 Å². The van der Waals surface area contributed by atoms with Crippen molar-refractivity contribution in [1.29, 1.82) is 0 Å². The maximum Gasteiger partial charge on any atom is 0.258 e. The number of benzene rings is 2. The number of rotatable bonds is 5. The number of carbonyl (C=O) groups excluding carboxylic acids is 1. The van der Waals surface area contributed by atoms with Crippen LogP contribution in [0, 0.1) is 13.8 Å². The molecule has 1 aromatic heterocycles. The van der Waals surface area contributed by atoms with Crippen LogP contribution in [0.4, 0.5) is 5.69 Å². The minimum atomic E-state index is -0.280. The van der Waals surface area contributed by atoms with Crippen molar-refractivity contribution in [2.75, 3.05) is 5.32 Å². The Kier molecular flexibility index (Phi) is 6.90. The lowest BCUT2D eigenvalue weighted by Crippen LogP contribution is -2.36. The molecule has 0 aliphatic heterocycles. The minimum Gasteiger partial charge on any atom is -0.326 e. The van der Waals surface area contributed by atoms with E-state index >= 15 is 0 Å². The average molecular weight is 424 g/mol. The first-order chi connectivity index (χ1) is 14.4. The second kappa shape index (κ2) is 9.59. The van der Waals surface area contributed by atoms with Gasteiger partial charge >= 0.3 is 0 Å². The number of carbonyl (C=O) groups is 1. The van der Waals surface area contributed by atoms with Crippen LogP contribution in [0.15, 0.2) is 53.5 Å². The summed E-state index contributed by atoms with van der Waals surface area (Å²) in [5, 5.41) is 11.1. The van der Waals surface area contributed by atoms with Gasteiger partial charge in [0.15, 0.2) is 0 Å². The summed E-state index contributed by atoms with van der Waals surface area (Å²) in [4.78, 5) is 17.5. The fourth-order valence-corrected chi connectivity index (χ4v) is 3.39. The summed E-state index contributed by atoms with van der Waals surface area (Å²) < 4.78 is 1.84. The number of halogens is 1. The quantitative estimate of drug-likeness (QED) is 0.463. The maximum atomic E-state index is 12.8. The molecule has 2 aromatic carbocycles. The summed E-state index contributed by atoms with van der Waals surface area (Å²) in [6, 6.07) is 14.8. The fourth-order valence-electron chi connectivity index (χ4n) is 3.20. The smallest absolute Gasteiger partial charge is 0.258 e. The molecule has 2 N–H and O–H groups in total. The lowest BCUT2D eigenvalue weighted by Gasteiger charge is -2.14. The normalized spacial score (nSPS) is 11.4. The van der Waals surface area contributed by atoms with Crippen molar-refractivity contribution in [2.45, 2.75) is 33.7 Å². The zero-order valence-corrected chi connectivity index (χ0v) is 18.4. The Balaban J connectivity index is 1.90. The van der Waals surface area contributed by atoms with Crippen molar-refractivity contribution in [3.63, 3.8) is 0 Å². The zero-order chi connectivity index (χ0) is 21.7. The molecule has 0 aliphatic rings. The van der Waals surface area contributed by atoms with Gasteiger partial charge in [0.25, 0.3) is 5.91 Å². The molecule has 3 rings (SSSR count). The zero-order valence-electron chi connectivity index (χ0n) is 17.7. The van der Waals surface area contributed by atoms with Crippen LogP contribution in [0.25, 0.3) is 0 Å². The highest BCUT2D eigenvalue weighted by Gasteiger charge is 2.13. The molecule has 1 heterocycles. The Bertz CT molecular complexity index is 1090. The van der Waals surface area contributed by atoms with E-state index in [4.69, 9.17) is 11.6 Å². The number of guanidine groups is 1. The third-order valence-electron chi connectivity index (χ3n) is 5.02. The van der Waals surface area contributed by atoms with Gasteiger partial charge in [0.2, 0.25) is 5.96 Å². The van der Waals surface area contributed by atoms with Crippen LogP contribution < -0.4 is 10.6 Å². The number of hydrogen-bond donors (Lipinski definition) is 2. The van der Waals surface area contributed by atoms with Crippen LogP contribution in [0.3, 0.4) is 0 Å². The molecule has 0 unspecified atom stereocenters. The highest BCUT2D eigenvalue weighted by Crippen LogP contribution is 2.17. The Morgan fingerprint density at radius 1 is 1.17 bits per heavy atom. The van der Waals surface area contributed by atoms with Crippen molar-refractivity contribution >= 4 is 29.2 Å². The molecule has 156 valence electrons. The summed E-state index contributed by atoms with van der Waals surface area (Å²) in [5.41, 5.74) is 5.52. The first-order valence-electron chi connectivity index (χ1n) is 9.84. The molecule has 0 saturated carbocycles. The van der Waals surface area contributed by atoms with Crippen molar-refractivity contribution in [1.82, 2.24) is 15.1 Å². The lowest BCUT2D eigenvalue weighted by atomic mass is 10.1. The van der Waals surface area contributed by atoms with Gasteiger partial charge in [0, 0.05) is 34.6 Å². The van der Waals surface area contributed by atoms with Crippen LogP contribution in [0.5, 0.6) is 0 Å². The maximum absolute atomic E-state index is 12.8. The molecule has 0 radical (unpaired) electrons. The molecule has 0 saturated heterocycles. The molecule has 7 heteroatoms. The van der Waals surface area contributed by atoms with Crippen LogP contribution in [-0.4, -0.2) is 21.6 Å². The summed E-state index contributed by atoms with van der Waals surface area (Å²) in [6.45, 7) is 6.46. The number of nitrogens with one attached hydrogen (secondary N) is 2. The van der Waals surface area contributed by atoms with Gasteiger partial charge in [0.05, 0.1) is 12.2 Å². The number of anilines is 1. The number of para-hydroxylation sites is 1. The number of nitrogens with zero attached hydrogens (tertiary/aromatic N) is 3. The van der Waals surface area contributed by atoms with E-state index in [0.717, 1.165) is 34.6 Å². The molecular weight excluding hydrogens is 398 g/mol. The van der Waals surface area contributed by atoms with Gasteiger partial charge in [-0.25, -0.2) is 4.99 Å².